The van der Waals surface area contributed by atoms with E-state index in [1.54, 1.807) is 29.8 Å². The molecule has 0 aliphatic carbocycles. The van der Waals surface area contributed by atoms with Crippen molar-refractivity contribution in [3.05, 3.63) is 29.1 Å². The van der Waals surface area contributed by atoms with Gasteiger partial charge in [-0.05, 0) is 30.7 Å². The maximum atomic E-state index is 9.36. The number of hydrogen-bond acceptors (Lipinski definition) is 8. The number of ether oxygens (including phenoxy) is 1. The first-order valence-corrected chi connectivity index (χ1v) is 7.11. The third kappa shape index (κ3) is 4.18. The fourth-order valence-electron chi connectivity index (χ4n) is 1.64. The third-order valence-electron chi connectivity index (χ3n) is 2.51. The number of hydrogen-bond donors (Lipinski definition) is 4. The second kappa shape index (κ2) is 7.07. The van der Waals surface area contributed by atoms with Crippen LogP contribution in [0.5, 0.6) is 5.75 Å². The van der Waals surface area contributed by atoms with Gasteiger partial charge >= 0.3 is 7.12 Å². The van der Waals surface area contributed by atoms with Gasteiger partial charge in [-0.15, -0.1) is 11.3 Å². The summed E-state index contributed by atoms with van der Waals surface area (Å²) in [7, 11) is -1.60. The van der Waals surface area contributed by atoms with Crippen LogP contribution in [0.3, 0.4) is 0 Å². The minimum absolute atomic E-state index is 0.291. The van der Waals surface area contributed by atoms with Crippen LogP contribution in [0.15, 0.2) is 28.7 Å². The van der Waals surface area contributed by atoms with Gasteiger partial charge in [0.15, 0.2) is 0 Å². The highest BCUT2D eigenvalue weighted by atomic mass is 32.1. The molecule has 0 bridgehead atoms. The van der Waals surface area contributed by atoms with Crippen LogP contribution in [-0.2, 0) is 0 Å². The van der Waals surface area contributed by atoms with Crippen LogP contribution in [-0.4, -0.2) is 35.0 Å². The molecule has 21 heavy (non-hydrogen) atoms. The van der Waals surface area contributed by atoms with Gasteiger partial charge in [0.05, 0.1) is 12.8 Å². The fourth-order valence-corrected chi connectivity index (χ4v) is 2.18. The SMILES string of the molecule is CCOc1ccc(C=NNc2nc(N)cs2)cc1B(O)O. The van der Waals surface area contributed by atoms with Crippen LogP contribution in [0.25, 0.3) is 0 Å². The molecule has 0 unspecified atom stereocenters. The largest absolute Gasteiger partial charge is 0.494 e. The van der Waals surface area contributed by atoms with Crippen molar-refractivity contribution in [2.24, 2.45) is 5.10 Å². The van der Waals surface area contributed by atoms with Crippen LogP contribution in [0.4, 0.5) is 10.9 Å². The number of nitrogens with one attached hydrogen (secondary N) is 1. The van der Waals surface area contributed by atoms with E-state index in [9.17, 15) is 10.0 Å². The Morgan fingerprint density at radius 1 is 1.52 bits per heavy atom. The predicted octanol–water partition coefficient (Wildman–Crippen LogP) is 0.250. The molecule has 0 saturated heterocycles. The summed E-state index contributed by atoms with van der Waals surface area (Å²) < 4.78 is 5.33. The molecule has 0 fully saturated rings. The lowest BCUT2D eigenvalue weighted by Gasteiger charge is -2.10. The first-order chi connectivity index (χ1) is 10.1. The van der Waals surface area contributed by atoms with Crippen molar-refractivity contribution in [2.45, 2.75) is 6.92 Å². The van der Waals surface area contributed by atoms with E-state index in [-0.39, 0.29) is 0 Å². The molecule has 1 aromatic heterocycles. The number of aromatic nitrogens is 1. The number of thiazole rings is 1. The summed E-state index contributed by atoms with van der Waals surface area (Å²) in [5, 5.41) is 25.0. The van der Waals surface area contributed by atoms with Crippen molar-refractivity contribution in [1.82, 2.24) is 4.98 Å². The Morgan fingerprint density at radius 3 is 2.95 bits per heavy atom. The molecule has 0 saturated carbocycles. The normalized spacial score (nSPS) is 10.8. The number of nitrogens with two attached hydrogens (primary N) is 1. The van der Waals surface area contributed by atoms with Crippen molar-refractivity contribution < 1.29 is 14.8 Å². The Bertz CT molecular complexity index is 633. The van der Waals surface area contributed by atoms with Crippen molar-refractivity contribution in [1.29, 1.82) is 0 Å². The quantitative estimate of drug-likeness (QED) is 0.346. The van der Waals surface area contributed by atoms with Gasteiger partial charge in [0.1, 0.15) is 11.6 Å². The van der Waals surface area contributed by atoms with E-state index < -0.39 is 7.12 Å². The van der Waals surface area contributed by atoms with E-state index >= 15 is 0 Å². The van der Waals surface area contributed by atoms with Crippen LogP contribution < -0.4 is 21.4 Å². The van der Waals surface area contributed by atoms with Gasteiger partial charge in [0.2, 0.25) is 5.13 Å². The number of anilines is 2. The number of nitrogens with zero attached hydrogens (tertiary/aromatic N) is 2. The van der Waals surface area contributed by atoms with Crippen LogP contribution in [0, 0.1) is 0 Å². The third-order valence-corrected chi connectivity index (χ3v) is 3.27. The van der Waals surface area contributed by atoms with Gasteiger partial charge in [0.25, 0.3) is 0 Å². The molecule has 1 heterocycles. The monoisotopic (exact) mass is 306 g/mol. The molecule has 7 nitrogen and oxygen atoms in total. The highest BCUT2D eigenvalue weighted by Gasteiger charge is 2.17. The van der Waals surface area contributed by atoms with Gasteiger partial charge in [-0.3, -0.25) is 5.43 Å². The first-order valence-electron chi connectivity index (χ1n) is 6.23. The molecule has 0 spiro atoms. The molecule has 2 aromatic rings. The van der Waals surface area contributed by atoms with E-state index in [4.69, 9.17) is 10.5 Å². The van der Waals surface area contributed by atoms with Crippen molar-refractivity contribution in [3.8, 4) is 5.75 Å². The molecule has 5 N–H and O–H groups in total. The molecule has 1 aromatic carbocycles. The minimum Gasteiger partial charge on any atom is -0.494 e. The maximum absolute atomic E-state index is 9.36. The standard InChI is InChI=1S/C12H15BN4O3S/c1-2-20-10-4-3-8(5-9(10)13(18)19)6-15-17-12-16-11(14)7-21-12/h3-7,18-19H,2,14H2,1H3,(H,16,17). The first kappa shape index (κ1) is 15.3. The Kier molecular flexibility index (Phi) is 5.15. The number of benzene rings is 1. The molecule has 9 heteroatoms. The molecule has 0 aliphatic heterocycles. The molecule has 110 valence electrons. The van der Waals surface area contributed by atoms with E-state index in [0.29, 0.717) is 34.3 Å². The Balaban J connectivity index is 2.11. The second-order valence-electron chi connectivity index (χ2n) is 4.05. The summed E-state index contributed by atoms with van der Waals surface area (Å²) in [6.07, 6.45) is 1.54. The lowest BCUT2D eigenvalue weighted by Crippen LogP contribution is -2.31. The summed E-state index contributed by atoms with van der Waals surface area (Å²) in [5.74, 6) is 0.870. The molecule has 0 radical (unpaired) electrons. The van der Waals surface area contributed by atoms with Gasteiger partial charge in [-0.25, -0.2) is 4.98 Å². The zero-order valence-electron chi connectivity index (χ0n) is 11.4. The van der Waals surface area contributed by atoms with Gasteiger partial charge in [-0.1, -0.05) is 0 Å². The minimum atomic E-state index is -1.60. The highest BCUT2D eigenvalue weighted by Crippen LogP contribution is 2.16. The zero-order valence-corrected chi connectivity index (χ0v) is 12.2. The summed E-state index contributed by atoms with van der Waals surface area (Å²) in [6.45, 7) is 2.27. The van der Waals surface area contributed by atoms with Crippen molar-refractivity contribution in [2.75, 3.05) is 17.8 Å². The molecule has 0 aliphatic rings. The summed E-state index contributed by atoms with van der Waals surface area (Å²) in [5.41, 5.74) is 9.22. The summed E-state index contributed by atoms with van der Waals surface area (Å²) in [6, 6.07) is 5.02. The van der Waals surface area contributed by atoms with Gasteiger partial charge in [-0.2, -0.15) is 5.10 Å². The molecular weight excluding hydrogens is 291 g/mol. The van der Waals surface area contributed by atoms with E-state index in [0.717, 1.165) is 0 Å². The molecular formula is C12H15BN4O3S. The van der Waals surface area contributed by atoms with E-state index in [2.05, 4.69) is 15.5 Å². The van der Waals surface area contributed by atoms with E-state index in [1.165, 1.54) is 11.3 Å². The Labute approximate surface area is 126 Å². The van der Waals surface area contributed by atoms with Crippen molar-refractivity contribution >= 4 is 41.1 Å². The van der Waals surface area contributed by atoms with Crippen LogP contribution in [0.1, 0.15) is 12.5 Å². The molecule has 0 amide bonds. The number of rotatable bonds is 6. The number of nitrogen functional groups attached to an aromatic ring is 1. The van der Waals surface area contributed by atoms with Crippen molar-refractivity contribution in [3.63, 3.8) is 0 Å². The lowest BCUT2D eigenvalue weighted by molar-refractivity contribution is 0.340. The topological polar surface area (TPSA) is 113 Å². The lowest BCUT2D eigenvalue weighted by atomic mass is 9.79. The smallest absolute Gasteiger partial charge is 0.492 e. The van der Waals surface area contributed by atoms with E-state index in [1.807, 2.05) is 6.92 Å². The molecule has 0 atom stereocenters. The average Bonchev–Trinajstić information content (AvgIpc) is 2.86. The van der Waals surface area contributed by atoms with Gasteiger partial charge < -0.3 is 20.5 Å². The number of hydrazone groups is 1. The average molecular weight is 306 g/mol. The Morgan fingerprint density at radius 2 is 2.33 bits per heavy atom. The predicted molar refractivity (Wildman–Crippen MR) is 85.2 cm³/mol. The summed E-state index contributed by atoms with van der Waals surface area (Å²) >= 11 is 1.34. The summed E-state index contributed by atoms with van der Waals surface area (Å²) in [4.78, 5) is 4.00. The van der Waals surface area contributed by atoms with Gasteiger partial charge in [0, 0.05) is 10.8 Å². The second-order valence-corrected chi connectivity index (χ2v) is 4.91. The van der Waals surface area contributed by atoms with Crippen LogP contribution in [0.2, 0.25) is 0 Å². The maximum Gasteiger partial charge on any atom is 0.492 e. The Hall–Kier alpha value is -2.10. The fraction of sp³-hybridized carbons (Fsp3) is 0.167. The zero-order chi connectivity index (χ0) is 15.2. The molecule has 2 rings (SSSR count). The highest BCUT2D eigenvalue weighted by molar-refractivity contribution is 7.14. The van der Waals surface area contributed by atoms with Crippen LogP contribution >= 0.6 is 11.3 Å².